The Kier molecular flexibility index (Phi) is 4.39. The minimum atomic E-state index is -0.415. The average molecular weight is 348 g/mol. The van der Waals surface area contributed by atoms with Gasteiger partial charge in [0.1, 0.15) is 11.4 Å². The number of piperazine rings is 1. The Morgan fingerprint density at radius 2 is 1.56 bits per heavy atom. The highest BCUT2D eigenvalue weighted by molar-refractivity contribution is 5.76. The molecule has 1 amide bonds. The van der Waals surface area contributed by atoms with Gasteiger partial charge < -0.3 is 20.4 Å². The van der Waals surface area contributed by atoms with Crippen LogP contribution in [-0.4, -0.2) is 54.6 Å². The number of hydrogen-bond acceptors (Lipinski definition) is 6. The highest BCUT2D eigenvalue weighted by Gasteiger charge is 2.39. The normalized spacial score (nSPS) is 23.7. The summed E-state index contributed by atoms with van der Waals surface area (Å²) >= 11 is 0. The number of piperidine rings is 1. The predicted octanol–water partition coefficient (Wildman–Crippen LogP) is 0.282. The molecule has 138 valence electrons. The van der Waals surface area contributed by atoms with Gasteiger partial charge in [0.2, 0.25) is 6.41 Å². The number of carbonyl (C=O) groups is 1. The number of amides is 1. The van der Waals surface area contributed by atoms with Gasteiger partial charge in [0.25, 0.3) is 10.9 Å². The standard InChI is InChI=1S/C18H28N4O3/c1-17(2)9-12(10-18(3,4)20-17)19-13-14(16(25)15(13)24)22-7-5-21(11-23)6-8-22/h11-12,19-20H,5-10H2,1-4H3. The van der Waals surface area contributed by atoms with Crippen molar-refractivity contribution in [2.24, 2.45) is 0 Å². The van der Waals surface area contributed by atoms with Crippen molar-refractivity contribution in [3.63, 3.8) is 0 Å². The molecule has 7 nitrogen and oxygen atoms in total. The van der Waals surface area contributed by atoms with Crippen LogP contribution >= 0.6 is 0 Å². The van der Waals surface area contributed by atoms with E-state index in [4.69, 9.17) is 0 Å². The molecule has 0 saturated carbocycles. The molecule has 0 aromatic heterocycles. The van der Waals surface area contributed by atoms with Crippen LogP contribution in [0.15, 0.2) is 9.59 Å². The Balaban J connectivity index is 1.76. The maximum atomic E-state index is 12.2. The molecule has 3 rings (SSSR count). The third-order valence-corrected chi connectivity index (χ3v) is 5.20. The third-order valence-electron chi connectivity index (χ3n) is 5.20. The predicted molar refractivity (Wildman–Crippen MR) is 99.1 cm³/mol. The van der Waals surface area contributed by atoms with E-state index in [1.165, 1.54) is 0 Å². The van der Waals surface area contributed by atoms with Gasteiger partial charge in [0.15, 0.2) is 0 Å². The first-order chi connectivity index (χ1) is 11.6. The van der Waals surface area contributed by atoms with Gasteiger partial charge in [-0.3, -0.25) is 14.4 Å². The molecule has 1 aromatic carbocycles. The number of rotatable bonds is 4. The summed E-state index contributed by atoms with van der Waals surface area (Å²) in [4.78, 5) is 38.7. The zero-order chi connectivity index (χ0) is 18.4. The van der Waals surface area contributed by atoms with Gasteiger partial charge in [-0.1, -0.05) is 0 Å². The van der Waals surface area contributed by atoms with Gasteiger partial charge in [-0.15, -0.1) is 0 Å². The van der Waals surface area contributed by atoms with Crippen LogP contribution in [0.2, 0.25) is 0 Å². The van der Waals surface area contributed by atoms with Crippen molar-refractivity contribution in [3.8, 4) is 0 Å². The molecule has 2 fully saturated rings. The second-order valence-electron chi connectivity index (χ2n) is 8.65. The van der Waals surface area contributed by atoms with E-state index in [1.807, 2.05) is 4.90 Å². The second kappa shape index (κ2) is 6.12. The SMILES string of the molecule is CC1(C)CC(Nc2c(N3CCN(C=O)CC3)c(=O)c2=O)CC(C)(C)N1. The molecule has 0 radical (unpaired) electrons. The molecule has 0 atom stereocenters. The lowest BCUT2D eigenvalue weighted by molar-refractivity contribution is -0.118. The molecule has 0 unspecified atom stereocenters. The fraction of sp³-hybridized carbons (Fsp3) is 0.722. The van der Waals surface area contributed by atoms with Crippen LogP contribution < -0.4 is 26.4 Å². The molecule has 2 aliphatic heterocycles. The first-order valence-corrected chi connectivity index (χ1v) is 8.95. The summed E-state index contributed by atoms with van der Waals surface area (Å²) in [5, 5.41) is 6.98. The number of nitrogens with one attached hydrogen (secondary N) is 2. The Labute approximate surface area is 148 Å². The van der Waals surface area contributed by atoms with Crippen molar-refractivity contribution in [1.29, 1.82) is 0 Å². The van der Waals surface area contributed by atoms with Gasteiger partial charge in [-0.05, 0) is 40.5 Å². The van der Waals surface area contributed by atoms with Gasteiger partial charge in [-0.2, -0.15) is 0 Å². The molecule has 2 aliphatic rings. The lowest BCUT2D eigenvalue weighted by Gasteiger charge is -2.47. The maximum Gasteiger partial charge on any atom is 0.253 e. The molecule has 7 heteroatoms. The van der Waals surface area contributed by atoms with Gasteiger partial charge in [0.05, 0.1) is 0 Å². The molecule has 1 aromatic rings. The van der Waals surface area contributed by atoms with E-state index < -0.39 is 10.9 Å². The van der Waals surface area contributed by atoms with Crippen molar-refractivity contribution >= 4 is 17.8 Å². The Hall–Kier alpha value is -1.89. The van der Waals surface area contributed by atoms with E-state index >= 15 is 0 Å². The van der Waals surface area contributed by atoms with Crippen LogP contribution in [0.1, 0.15) is 40.5 Å². The number of carbonyl (C=O) groups excluding carboxylic acids is 1. The summed E-state index contributed by atoms with van der Waals surface area (Å²) in [6.45, 7) is 11.0. The first-order valence-electron chi connectivity index (χ1n) is 8.95. The molecule has 2 N–H and O–H groups in total. The molecule has 25 heavy (non-hydrogen) atoms. The summed E-state index contributed by atoms with van der Waals surface area (Å²) < 4.78 is 0. The Morgan fingerprint density at radius 3 is 2.08 bits per heavy atom. The number of hydrogen-bond donors (Lipinski definition) is 2. The number of nitrogens with zero attached hydrogens (tertiary/aromatic N) is 2. The monoisotopic (exact) mass is 348 g/mol. The van der Waals surface area contributed by atoms with E-state index in [1.54, 1.807) is 4.90 Å². The van der Waals surface area contributed by atoms with E-state index in [0.29, 0.717) is 37.6 Å². The first kappa shape index (κ1) is 17.9. The Morgan fingerprint density at radius 1 is 1.00 bits per heavy atom. The highest BCUT2D eigenvalue weighted by atomic mass is 16.2. The van der Waals surface area contributed by atoms with Crippen molar-refractivity contribution < 1.29 is 4.79 Å². The van der Waals surface area contributed by atoms with Crippen LogP contribution in [0.4, 0.5) is 11.4 Å². The van der Waals surface area contributed by atoms with Crippen molar-refractivity contribution in [2.45, 2.75) is 57.7 Å². The minimum absolute atomic E-state index is 0.0352. The smallest absolute Gasteiger partial charge is 0.253 e. The molecular weight excluding hydrogens is 320 g/mol. The van der Waals surface area contributed by atoms with E-state index in [0.717, 1.165) is 19.3 Å². The van der Waals surface area contributed by atoms with E-state index in [2.05, 4.69) is 38.3 Å². The molecule has 2 saturated heterocycles. The summed E-state index contributed by atoms with van der Waals surface area (Å²) in [5.41, 5.74) is 0.0724. The average Bonchev–Trinajstić information content (AvgIpc) is 2.51. The van der Waals surface area contributed by atoms with E-state index in [-0.39, 0.29) is 17.1 Å². The van der Waals surface area contributed by atoms with E-state index in [9.17, 15) is 14.4 Å². The lowest BCUT2D eigenvalue weighted by atomic mass is 9.79. The van der Waals surface area contributed by atoms with Crippen molar-refractivity contribution in [2.75, 3.05) is 36.4 Å². The van der Waals surface area contributed by atoms with Crippen LogP contribution in [0, 0.1) is 0 Å². The molecule has 0 bridgehead atoms. The van der Waals surface area contributed by atoms with Crippen LogP contribution in [0.5, 0.6) is 0 Å². The Bertz CT molecular complexity index is 709. The zero-order valence-corrected chi connectivity index (χ0v) is 15.5. The highest BCUT2D eigenvalue weighted by Crippen LogP contribution is 2.32. The second-order valence-corrected chi connectivity index (χ2v) is 8.65. The summed E-state index contributed by atoms with van der Waals surface area (Å²) in [5.74, 6) is 0. The minimum Gasteiger partial charge on any atom is -0.377 e. The van der Waals surface area contributed by atoms with Crippen LogP contribution in [-0.2, 0) is 4.79 Å². The molecule has 0 aliphatic carbocycles. The maximum absolute atomic E-state index is 12.2. The van der Waals surface area contributed by atoms with Gasteiger partial charge in [0, 0.05) is 43.3 Å². The fourth-order valence-electron chi connectivity index (χ4n) is 4.49. The molecular formula is C18H28N4O3. The largest absolute Gasteiger partial charge is 0.377 e. The van der Waals surface area contributed by atoms with Gasteiger partial charge >= 0.3 is 0 Å². The lowest BCUT2D eigenvalue weighted by Crippen LogP contribution is -2.61. The van der Waals surface area contributed by atoms with Crippen molar-refractivity contribution in [1.82, 2.24) is 10.2 Å². The number of anilines is 2. The van der Waals surface area contributed by atoms with Crippen LogP contribution in [0.3, 0.4) is 0 Å². The summed E-state index contributed by atoms with van der Waals surface area (Å²) in [7, 11) is 0. The quantitative estimate of drug-likeness (QED) is 0.601. The molecule has 2 heterocycles. The van der Waals surface area contributed by atoms with Crippen molar-refractivity contribution in [3.05, 3.63) is 20.4 Å². The topological polar surface area (TPSA) is 81.8 Å². The summed E-state index contributed by atoms with van der Waals surface area (Å²) in [6.07, 6.45) is 2.60. The summed E-state index contributed by atoms with van der Waals surface area (Å²) in [6, 6.07) is 0.143. The van der Waals surface area contributed by atoms with Gasteiger partial charge in [-0.25, -0.2) is 0 Å². The third kappa shape index (κ3) is 3.56. The van der Waals surface area contributed by atoms with Crippen LogP contribution in [0.25, 0.3) is 0 Å². The zero-order valence-electron chi connectivity index (χ0n) is 15.5. The molecule has 0 spiro atoms. The fourth-order valence-corrected chi connectivity index (χ4v) is 4.49.